The molecule has 1 heterocycles. The lowest BCUT2D eigenvalue weighted by molar-refractivity contribution is 0.651. The molecule has 4 nitrogen and oxygen atoms in total. The fourth-order valence-corrected chi connectivity index (χ4v) is 2.61. The summed E-state index contributed by atoms with van der Waals surface area (Å²) in [5.41, 5.74) is 5.47. The van der Waals surface area contributed by atoms with Gasteiger partial charge in [-0.05, 0) is 11.6 Å². The molecule has 2 aromatic carbocycles. The van der Waals surface area contributed by atoms with E-state index in [0.717, 1.165) is 22.5 Å². The first kappa shape index (κ1) is 15.4. The van der Waals surface area contributed by atoms with E-state index in [1.54, 1.807) is 6.26 Å². The molecule has 0 amide bonds. The van der Waals surface area contributed by atoms with Crippen molar-refractivity contribution in [3.63, 3.8) is 0 Å². The molecule has 0 aliphatic carbocycles. The van der Waals surface area contributed by atoms with Gasteiger partial charge in [0.05, 0.1) is 27.7 Å². The van der Waals surface area contributed by atoms with Crippen LogP contribution in [-0.2, 0) is 17.5 Å². The van der Waals surface area contributed by atoms with Crippen LogP contribution < -0.4 is 0 Å². The Morgan fingerprint density at radius 1 is 1.04 bits per heavy atom. The third kappa shape index (κ3) is 3.81. The maximum absolute atomic E-state index is 11.1. The average molecular weight is 323 g/mol. The van der Waals surface area contributed by atoms with Gasteiger partial charge in [0.2, 0.25) is 0 Å². The van der Waals surface area contributed by atoms with Crippen LogP contribution in [0.3, 0.4) is 0 Å². The normalized spacial score (nSPS) is 12.6. The third-order valence-corrected chi connectivity index (χ3v) is 3.80. The third-order valence-electron chi connectivity index (χ3n) is 3.36. The lowest BCUT2D eigenvalue weighted by atomic mass is 10.1. The summed E-state index contributed by atoms with van der Waals surface area (Å²) in [6.07, 6.45) is 1.60. The Morgan fingerprint density at radius 3 is 2.26 bits per heavy atom. The molecule has 3 aromatic rings. The van der Waals surface area contributed by atoms with Crippen molar-refractivity contribution in [1.82, 2.24) is 9.78 Å². The minimum Gasteiger partial charge on any atom is -0.260 e. The Balaban J connectivity index is 2.02. The number of hydrogen-bond donors (Lipinski definition) is 0. The molecule has 0 saturated heterocycles. The van der Waals surface area contributed by atoms with Crippen LogP contribution in [0.25, 0.3) is 22.5 Å². The van der Waals surface area contributed by atoms with Gasteiger partial charge in [0.15, 0.2) is 0 Å². The van der Waals surface area contributed by atoms with E-state index in [1.807, 2.05) is 65.3 Å². The smallest absolute Gasteiger partial charge is 0.132 e. The minimum atomic E-state index is -1.05. The fourth-order valence-electron chi connectivity index (χ4n) is 2.33. The molecular formula is C18H17N3OS. The highest BCUT2D eigenvalue weighted by Crippen LogP contribution is 2.26. The highest BCUT2D eigenvalue weighted by atomic mass is 32.2. The maximum atomic E-state index is 11.1. The molecule has 1 atom stereocenters. The van der Waals surface area contributed by atoms with E-state index in [-0.39, 0.29) is 0 Å². The molecule has 0 saturated carbocycles. The first-order valence-corrected chi connectivity index (χ1v) is 8.87. The lowest BCUT2D eigenvalue weighted by Gasteiger charge is -2.04. The number of aromatic nitrogens is 2. The van der Waals surface area contributed by atoms with E-state index in [0.29, 0.717) is 6.67 Å². The number of aliphatic imine (C=N–C) groups is 1. The van der Waals surface area contributed by atoms with Gasteiger partial charge in [-0.15, -0.1) is 0 Å². The second-order valence-corrected chi connectivity index (χ2v) is 6.28. The molecule has 3 rings (SSSR count). The van der Waals surface area contributed by atoms with Gasteiger partial charge in [0.25, 0.3) is 0 Å². The quantitative estimate of drug-likeness (QED) is 0.532. The van der Waals surface area contributed by atoms with E-state index < -0.39 is 10.8 Å². The SMILES string of the molecule is CS(=O)/C=N/Cn1nc(-c2ccccc2)cc1-c1ccccc1. The summed E-state index contributed by atoms with van der Waals surface area (Å²) in [5.74, 6) is 0. The molecule has 0 N–H and O–H groups in total. The molecule has 0 spiro atoms. The molecule has 116 valence electrons. The summed E-state index contributed by atoms with van der Waals surface area (Å²) in [6, 6.07) is 22.2. The second-order valence-electron chi connectivity index (χ2n) is 5.07. The van der Waals surface area contributed by atoms with Gasteiger partial charge in [-0.2, -0.15) is 5.10 Å². The van der Waals surface area contributed by atoms with Gasteiger partial charge in [0.1, 0.15) is 6.67 Å². The Bertz CT molecular complexity index is 826. The average Bonchev–Trinajstić information content (AvgIpc) is 3.00. The van der Waals surface area contributed by atoms with Crippen LogP contribution in [0.4, 0.5) is 0 Å². The van der Waals surface area contributed by atoms with Crippen molar-refractivity contribution < 1.29 is 4.21 Å². The molecule has 0 bridgehead atoms. The van der Waals surface area contributed by atoms with Gasteiger partial charge in [0, 0.05) is 11.8 Å². The molecule has 1 unspecified atom stereocenters. The topological polar surface area (TPSA) is 47.2 Å². The molecular weight excluding hydrogens is 306 g/mol. The van der Waals surface area contributed by atoms with Crippen LogP contribution >= 0.6 is 0 Å². The highest BCUT2D eigenvalue weighted by Gasteiger charge is 2.10. The van der Waals surface area contributed by atoms with Crippen LogP contribution in [0, 0.1) is 0 Å². The van der Waals surface area contributed by atoms with E-state index in [1.165, 1.54) is 5.55 Å². The molecule has 5 heteroatoms. The molecule has 1 aromatic heterocycles. The van der Waals surface area contributed by atoms with E-state index in [9.17, 15) is 4.21 Å². The first-order valence-electron chi connectivity index (χ1n) is 7.25. The van der Waals surface area contributed by atoms with Crippen molar-refractivity contribution in [3.8, 4) is 22.5 Å². The molecule has 0 fully saturated rings. The second kappa shape index (κ2) is 7.15. The zero-order chi connectivity index (χ0) is 16.1. The van der Waals surface area contributed by atoms with Crippen LogP contribution in [0.15, 0.2) is 71.7 Å². The molecule has 23 heavy (non-hydrogen) atoms. The van der Waals surface area contributed by atoms with Crippen molar-refractivity contribution in [2.75, 3.05) is 6.26 Å². The zero-order valence-corrected chi connectivity index (χ0v) is 13.6. The van der Waals surface area contributed by atoms with Crippen LogP contribution in [0.5, 0.6) is 0 Å². The Kier molecular flexibility index (Phi) is 4.78. The summed E-state index contributed by atoms with van der Waals surface area (Å²) in [7, 11) is -1.05. The van der Waals surface area contributed by atoms with Crippen molar-refractivity contribution in [3.05, 3.63) is 66.7 Å². The first-order chi connectivity index (χ1) is 11.2. The van der Waals surface area contributed by atoms with Gasteiger partial charge in [-0.3, -0.25) is 9.20 Å². The fraction of sp³-hybridized carbons (Fsp3) is 0.111. The number of benzene rings is 2. The summed E-state index contributed by atoms with van der Waals surface area (Å²) >= 11 is 0. The van der Waals surface area contributed by atoms with Crippen LogP contribution in [-0.4, -0.2) is 25.8 Å². The van der Waals surface area contributed by atoms with E-state index >= 15 is 0 Å². The Hall–Kier alpha value is -2.53. The predicted molar refractivity (Wildman–Crippen MR) is 95.7 cm³/mol. The van der Waals surface area contributed by atoms with Crippen LogP contribution in [0.1, 0.15) is 0 Å². The lowest BCUT2D eigenvalue weighted by Crippen LogP contribution is -2.01. The Labute approximate surface area is 138 Å². The van der Waals surface area contributed by atoms with Crippen molar-refractivity contribution >= 4 is 16.3 Å². The number of rotatable bonds is 5. The van der Waals surface area contributed by atoms with Crippen LogP contribution in [0.2, 0.25) is 0 Å². The van der Waals surface area contributed by atoms with Gasteiger partial charge < -0.3 is 0 Å². The molecule has 0 radical (unpaired) electrons. The standard InChI is InChI=1S/C18H17N3OS/c1-23(22)14-19-13-21-18(16-10-6-3-7-11-16)12-17(20-21)15-8-4-2-5-9-15/h2-12,14H,13H2,1H3/b19-14+. The Morgan fingerprint density at radius 2 is 1.65 bits per heavy atom. The predicted octanol–water partition coefficient (Wildman–Crippen LogP) is 3.58. The molecule has 0 aliphatic rings. The zero-order valence-electron chi connectivity index (χ0n) is 12.8. The highest BCUT2D eigenvalue weighted by molar-refractivity contribution is 7.97. The minimum absolute atomic E-state index is 0.344. The number of hydrogen-bond acceptors (Lipinski definition) is 3. The van der Waals surface area contributed by atoms with E-state index in [4.69, 9.17) is 0 Å². The monoisotopic (exact) mass is 323 g/mol. The van der Waals surface area contributed by atoms with Crippen molar-refractivity contribution in [2.45, 2.75) is 6.67 Å². The largest absolute Gasteiger partial charge is 0.260 e. The maximum Gasteiger partial charge on any atom is 0.132 e. The van der Waals surface area contributed by atoms with Gasteiger partial charge in [-0.1, -0.05) is 60.7 Å². The summed E-state index contributed by atoms with van der Waals surface area (Å²) < 4.78 is 13.0. The van der Waals surface area contributed by atoms with E-state index in [2.05, 4.69) is 16.2 Å². The van der Waals surface area contributed by atoms with Gasteiger partial charge >= 0.3 is 0 Å². The van der Waals surface area contributed by atoms with Crippen molar-refractivity contribution in [2.24, 2.45) is 4.99 Å². The molecule has 0 aliphatic heterocycles. The summed E-state index contributed by atoms with van der Waals surface area (Å²) in [4.78, 5) is 4.21. The summed E-state index contributed by atoms with van der Waals surface area (Å²) in [6.45, 7) is 0.344. The van der Waals surface area contributed by atoms with Crippen molar-refractivity contribution in [1.29, 1.82) is 0 Å². The van der Waals surface area contributed by atoms with Gasteiger partial charge in [-0.25, -0.2) is 4.68 Å². The number of nitrogens with zero attached hydrogens (tertiary/aromatic N) is 3. The summed E-state index contributed by atoms with van der Waals surface area (Å²) in [5, 5.41) is 4.66.